The van der Waals surface area contributed by atoms with E-state index in [1.165, 1.54) is 18.9 Å². The molecule has 0 bridgehead atoms. The van der Waals surface area contributed by atoms with Crippen molar-refractivity contribution >= 4 is 46.4 Å². The number of H-pyrrole nitrogens is 1. The maximum Gasteiger partial charge on any atom is 0.305 e. The fraction of sp³-hybridized carbons (Fsp3) is 0.562. The summed E-state index contributed by atoms with van der Waals surface area (Å²) in [5.74, 6) is -4.69. The van der Waals surface area contributed by atoms with Crippen LogP contribution in [0.1, 0.15) is 66.4 Å². The molecule has 1 aromatic carbocycles. The number of carbonyl (C=O) groups excluding carboxylic acids is 5. The smallest absolute Gasteiger partial charge is 0.305 e. The van der Waals surface area contributed by atoms with Gasteiger partial charge in [0.25, 0.3) is 0 Å². The lowest BCUT2D eigenvalue weighted by Gasteiger charge is -2.30. The van der Waals surface area contributed by atoms with E-state index in [-0.39, 0.29) is 24.2 Å². The average Bonchev–Trinajstić information content (AvgIpc) is 3.42. The molecular weight excluding hydrogens is 580 g/mol. The first kappa shape index (κ1) is 36.8. The highest BCUT2D eigenvalue weighted by atomic mass is 16.4. The Morgan fingerprint density at radius 2 is 1.38 bits per heavy atom. The lowest BCUT2D eigenvalue weighted by molar-refractivity contribution is -0.143. The van der Waals surface area contributed by atoms with Crippen LogP contribution in [-0.2, 0) is 35.2 Å². The summed E-state index contributed by atoms with van der Waals surface area (Å²) >= 11 is 0. The quantitative estimate of drug-likeness (QED) is 0.154. The Morgan fingerprint density at radius 1 is 0.822 bits per heavy atom. The molecule has 0 aliphatic heterocycles. The summed E-state index contributed by atoms with van der Waals surface area (Å²) in [7, 11) is 1.50. The van der Waals surface area contributed by atoms with Crippen LogP contribution in [0, 0.1) is 11.8 Å². The number of rotatable bonds is 17. The van der Waals surface area contributed by atoms with E-state index in [4.69, 9.17) is 0 Å². The second-order valence-electron chi connectivity index (χ2n) is 11.6. The van der Waals surface area contributed by atoms with Crippen LogP contribution in [-0.4, -0.2) is 88.3 Å². The van der Waals surface area contributed by atoms with Gasteiger partial charge in [0, 0.05) is 44.0 Å². The topological polar surface area (TPSA) is 190 Å². The van der Waals surface area contributed by atoms with Crippen molar-refractivity contribution in [2.75, 3.05) is 13.6 Å². The number of para-hydroxylation sites is 1. The molecule has 45 heavy (non-hydrogen) atoms. The third-order valence-electron chi connectivity index (χ3n) is 8.22. The monoisotopic (exact) mass is 628 g/mol. The lowest BCUT2D eigenvalue weighted by atomic mass is 9.94. The number of carbonyl (C=O) groups is 6. The van der Waals surface area contributed by atoms with Crippen molar-refractivity contribution in [3.05, 3.63) is 36.0 Å². The molecule has 0 saturated carbocycles. The minimum absolute atomic E-state index is 0.0156. The van der Waals surface area contributed by atoms with Crippen molar-refractivity contribution in [2.45, 2.75) is 91.4 Å². The van der Waals surface area contributed by atoms with Crippen LogP contribution in [0.15, 0.2) is 30.5 Å². The van der Waals surface area contributed by atoms with Crippen molar-refractivity contribution in [2.24, 2.45) is 11.8 Å². The van der Waals surface area contributed by atoms with Crippen LogP contribution in [0.3, 0.4) is 0 Å². The number of aliphatic carboxylic acids is 1. The van der Waals surface area contributed by atoms with Gasteiger partial charge in [-0.1, -0.05) is 58.7 Å². The number of carboxylic acid groups (broad SMARTS) is 1. The van der Waals surface area contributed by atoms with Gasteiger partial charge in [0.1, 0.15) is 24.2 Å². The van der Waals surface area contributed by atoms with E-state index in [2.05, 4.69) is 26.3 Å². The average molecular weight is 629 g/mol. The standard InChI is InChI=1S/C32H48N6O7/c1-8-18(4)27(34-20(6)39)31(44)37-28(19(5)9-2)30(43)35-24(15-21-17-33-23-14-12-11-13-22(21)23)29(42)36-25(16-26(40)41)32(45)38(7)10-3/h11-14,17-19,24-25,27-28,33H,8-10,15-16H2,1-7H3,(H,34,39)(H,35,43)(H,36,42)(H,37,44)(H,40,41)/t18-,19-,24-,25-,27-,28-/m0/s1. The molecule has 5 amide bonds. The minimum atomic E-state index is -1.36. The van der Waals surface area contributed by atoms with E-state index in [0.29, 0.717) is 24.9 Å². The zero-order valence-electron chi connectivity index (χ0n) is 27.2. The van der Waals surface area contributed by atoms with E-state index < -0.39 is 60.2 Å². The molecule has 13 heteroatoms. The number of aromatic amines is 1. The summed E-state index contributed by atoms with van der Waals surface area (Å²) in [6.45, 7) is 10.7. The van der Waals surface area contributed by atoms with Gasteiger partial charge >= 0.3 is 5.97 Å². The summed E-state index contributed by atoms with van der Waals surface area (Å²) in [5, 5.41) is 21.0. The highest BCUT2D eigenvalue weighted by molar-refractivity contribution is 5.97. The van der Waals surface area contributed by atoms with Gasteiger partial charge in [0.2, 0.25) is 29.5 Å². The molecule has 2 aromatic rings. The number of amides is 5. The third kappa shape index (κ3) is 10.3. The first-order valence-electron chi connectivity index (χ1n) is 15.4. The number of benzene rings is 1. The zero-order valence-corrected chi connectivity index (χ0v) is 27.2. The molecule has 6 N–H and O–H groups in total. The van der Waals surface area contributed by atoms with E-state index >= 15 is 0 Å². The normalized spacial score (nSPS) is 15.1. The van der Waals surface area contributed by atoms with Crippen LogP contribution in [0.5, 0.6) is 0 Å². The van der Waals surface area contributed by atoms with Gasteiger partial charge in [0.15, 0.2) is 0 Å². The van der Waals surface area contributed by atoms with Gasteiger partial charge in [-0.2, -0.15) is 0 Å². The van der Waals surface area contributed by atoms with Gasteiger partial charge in [-0.3, -0.25) is 28.8 Å². The summed E-state index contributed by atoms with van der Waals surface area (Å²) < 4.78 is 0. The van der Waals surface area contributed by atoms with Crippen LogP contribution in [0.25, 0.3) is 10.9 Å². The number of likely N-dealkylation sites (N-methyl/N-ethyl adjacent to an activating group) is 1. The SMILES string of the molecule is CC[C@H](C)[C@H](NC(C)=O)C(=O)N[C@H](C(=O)N[C@@H](Cc1c[nH]c2ccccc12)C(=O)N[C@@H](CC(=O)O)C(=O)N(C)CC)[C@@H](C)CC. The third-order valence-corrected chi connectivity index (χ3v) is 8.22. The number of nitrogens with zero attached hydrogens (tertiary/aromatic N) is 1. The maximum atomic E-state index is 13.9. The number of aromatic nitrogens is 1. The Bertz CT molecular complexity index is 1360. The molecule has 0 unspecified atom stereocenters. The van der Waals surface area contributed by atoms with E-state index in [1.807, 2.05) is 45.0 Å². The van der Waals surface area contributed by atoms with Gasteiger partial charge in [-0.25, -0.2) is 0 Å². The van der Waals surface area contributed by atoms with E-state index in [0.717, 1.165) is 10.9 Å². The Balaban J connectivity index is 2.44. The zero-order chi connectivity index (χ0) is 33.8. The number of carboxylic acids is 1. The number of fused-ring (bicyclic) bond motifs is 1. The Hall–Kier alpha value is -4.42. The van der Waals surface area contributed by atoms with Crippen molar-refractivity contribution in [3.63, 3.8) is 0 Å². The van der Waals surface area contributed by atoms with Crippen LogP contribution >= 0.6 is 0 Å². The molecule has 248 valence electrons. The largest absolute Gasteiger partial charge is 0.481 e. The number of nitrogens with one attached hydrogen (secondary N) is 5. The molecule has 1 heterocycles. The van der Waals surface area contributed by atoms with Gasteiger partial charge in [-0.15, -0.1) is 0 Å². The molecular formula is C32H48N6O7. The summed E-state index contributed by atoms with van der Waals surface area (Å²) in [6.07, 6.45) is 2.22. The highest BCUT2D eigenvalue weighted by Gasteiger charge is 2.35. The predicted octanol–water partition coefficient (Wildman–Crippen LogP) is 1.71. The fourth-order valence-electron chi connectivity index (χ4n) is 4.93. The molecule has 1 aromatic heterocycles. The number of hydrogen-bond donors (Lipinski definition) is 6. The minimum Gasteiger partial charge on any atom is -0.481 e. The summed E-state index contributed by atoms with van der Waals surface area (Å²) in [6, 6.07) is 2.93. The molecule has 2 rings (SSSR count). The van der Waals surface area contributed by atoms with Crippen molar-refractivity contribution in [1.82, 2.24) is 31.2 Å². The lowest BCUT2D eigenvalue weighted by Crippen LogP contribution is -2.60. The predicted molar refractivity (Wildman–Crippen MR) is 170 cm³/mol. The molecule has 0 fully saturated rings. The van der Waals surface area contributed by atoms with Gasteiger partial charge < -0.3 is 36.3 Å². The van der Waals surface area contributed by atoms with Crippen molar-refractivity contribution < 1.29 is 33.9 Å². The Labute approximate surface area is 264 Å². The second kappa shape index (κ2) is 17.2. The second-order valence-corrected chi connectivity index (χ2v) is 11.6. The highest BCUT2D eigenvalue weighted by Crippen LogP contribution is 2.20. The molecule has 0 radical (unpaired) electrons. The maximum absolute atomic E-state index is 13.9. The molecule has 0 aliphatic carbocycles. The first-order valence-corrected chi connectivity index (χ1v) is 15.4. The van der Waals surface area contributed by atoms with Crippen molar-refractivity contribution in [3.8, 4) is 0 Å². The molecule has 0 spiro atoms. The van der Waals surface area contributed by atoms with Crippen LogP contribution in [0.4, 0.5) is 0 Å². The number of hydrogen-bond acceptors (Lipinski definition) is 6. The molecule has 6 atom stereocenters. The van der Waals surface area contributed by atoms with Crippen LogP contribution < -0.4 is 21.3 Å². The van der Waals surface area contributed by atoms with Gasteiger partial charge in [-0.05, 0) is 30.4 Å². The van der Waals surface area contributed by atoms with Gasteiger partial charge in [0.05, 0.1) is 6.42 Å². The summed E-state index contributed by atoms with van der Waals surface area (Å²) in [4.78, 5) is 81.8. The molecule has 13 nitrogen and oxygen atoms in total. The van der Waals surface area contributed by atoms with Crippen LogP contribution in [0.2, 0.25) is 0 Å². The fourth-order valence-corrected chi connectivity index (χ4v) is 4.93. The van der Waals surface area contributed by atoms with E-state index in [9.17, 15) is 33.9 Å². The summed E-state index contributed by atoms with van der Waals surface area (Å²) in [5.41, 5.74) is 1.53. The Kier molecular flexibility index (Phi) is 14.0. The van der Waals surface area contributed by atoms with Crippen molar-refractivity contribution in [1.29, 1.82) is 0 Å². The van der Waals surface area contributed by atoms with E-state index in [1.54, 1.807) is 20.0 Å². The first-order chi connectivity index (χ1) is 21.2. The molecule has 0 aliphatic rings. The molecule has 0 saturated heterocycles. The Morgan fingerprint density at radius 3 is 1.93 bits per heavy atom.